The molecule has 0 saturated carbocycles. The summed E-state index contributed by atoms with van der Waals surface area (Å²) in [5.41, 5.74) is 5.17. The van der Waals surface area contributed by atoms with Crippen LogP contribution in [0.5, 0.6) is 6.01 Å². The molecule has 2 aromatic heterocycles. The lowest BCUT2D eigenvalue weighted by Crippen LogP contribution is -2.43. The fraction of sp³-hybridized carbons (Fsp3) is 0.500. The van der Waals surface area contributed by atoms with Crippen molar-refractivity contribution in [2.45, 2.75) is 76.5 Å². The minimum atomic E-state index is -4.96. The smallest absolute Gasteiger partial charge is 0.418 e. The van der Waals surface area contributed by atoms with Gasteiger partial charge in [0.1, 0.15) is 12.4 Å². The molecule has 3 aromatic rings. The number of hydrogen-bond acceptors (Lipinski definition) is 9. The largest absolute Gasteiger partial charge is 0.461 e. The Morgan fingerprint density at radius 1 is 1.19 bits per heavy atom. The van der Waals surface area contributed by atoms with Gasteiger partial charge in [0.25, 0.3) is 5.91 Å². The molecule has 2 N–H and O–H groups in total. The fourth-order valence-corrected chi connectivity index (χ4v) is 7.91. The van der Waals surface area contributed by atoms with E-state index in [0.29, 0.717) is 73.7 Å². The summed E-state index contributed by atoms with van der Waals surface area (Å²) < 4.78 is 87.2. The van der Waals surface area contributed by atoms with Crippen molar-refractivity contribution in [1.82, 2.24) is 29.5 Å². The zero-order valence-corrected chi connectivity index (χ0v) is 29.1. The molecule has 4 aliphatic rings. The van der Waals surface area contributed by atoms with Crippen LogP contribution in [0.3, 0.4) is 0 Å². The lowest BCUT2D eigenvalue weighted by Gasteiger charge is -2.33. The maximum atomic E-state index is 15.7. The average molecular weight is 727 g/mol. The van der Waals surface area contributed by atoms with E-state index in [9.17, 15) is 22.4 Å². The second kappa shape index (κ2) is 13.7. The Hall–Kier alpha value is -4.75. The summed E-state index contributed by atoms with van der Waals surface area (Å²) in [6, 6.07) is 2.62. The van der Waals surface area contributed by atoms with Crippen molar-refractivity contribution in [3.63, 3.8) is 0 Å². The number of amides is 1. The number of ether oxygens (including phenoxy) is 2. The first kappa shape index (κ1) is 35.6. The van der Waals surface area contributed by atoms with Crippen LogP contribution in [0.4, 0.5) is 33.5 Å². The molecule has 276 valence electrons. The number of aromatic nitrogens is 4. The van der Waals surface area contributed by atoms with Crippen LogP contribution in [0.2, 0.25) is 0 Å². The van der Waals surface area contributed by atoms with E-state index in [4.69, 9.17) is 25.2 Å². The number of carbonyl (C=O) groups excluding carboxylic acids is 1. The SMILES string of the molecule is CC#Cc1cc(N)c(F)c([C@@H]2Cc3nc(OC[C@@]45CCCN4C/C(=C/F)C5)nc(N4CCCn5nc(C(=O)N(C)C)cc5C4)c3CO2)c1C(F)(F)F. The number of anilines is 2. The summed E-state index contributed by atoms with van der Waals surface area (Å²) in [4.78, 5) is 27.9. The molecule has 1 aromatic carbocycles. The molecule has 11 nitrogen and oxygen atoms in total. The van der Waals surface area contributed by atoms with Crippen LogP contribution in [-0.4, -0.2) is 81.3 Å². The van der Waals surface area contributed by atoms with Gasteiger partial charge >= 0.3 is 12.2 Å². The standard InChI is InChI=1S/C36H39F5N8O3/c1-4-7-22-12-25(42)31(38)29(30(22)36(39,40)41)28-14-26-24(19-51-28)32(47-9-6-11-49-23(18-47)13-27(45-49)33(50)46(2)3)44-34(43-26)52-20-35-8-5-10-48(35)17-21(15-35)16-37/h12-13,16,28H,5-6,8-11,14-15,17-20,42H2,1-3H3/b21-16+/t28-,35-/m0/s1. The molecule has 2 saturated heterocycles. The van der Waals surface area contributed by atoms with Gasteiger partial charge in [-0.2, -0.15) is 28.2 Å². The van der Waals surface area contributed by atoms with E-state index in [0.717, 1.165) is 31.1 Å². The summed E-state index contributed by atoms with van der Waals surface area (Å²) in [6.07, 6.45) is -3.08. The predicted octanol–water partition coefficient (Wildman–Crippen LogP) is 5.18. The maximum Gasteiger partial charge on any atom is 0.418 e. The molecule has 0 unspecified atom stereocenters. The van der Waals surface area contributed by atoms with Crippen molar-refractivity contribution in [2.24, 2.45) is 0 Å². The van der Waals surface area contributed by atoms with Crippen LogP contribution in [0, 0.1) is 17.7 Å². The van der Waals surface area contributed by atoms with Gasteiger partial charge in [0, 0.05) is 56.8 Å². The second-order valence-electron chi connectivity index (χ2n) is 13.9. The Labute approximate surface area is 297 Å². The minimum absolute atomic E-state index is 0.00355. The summed E-state index contributed by atoms with van der Waals surface area (Å²) >= 11 is 0. The lowest BCUT2D eigenvalue weighted by atomic mass is 9.91. The Morgan fingerprint density at radius 3 is 2.73 bits per heavy atom. The van der Waals surface area contributed by atoms with Crippen molar-refractivity contribution < 1.29 is 36.2 Å². The molecule has 16 heteroatoms. The van der Waals surface area contributed by atoms with Crippen LogP contribution in [0.25, 0.3) is 0 Å². The van der Waals surface area contributed by atoms with Gasteiger partial charge in [0.15, 0.2) is 11.5 Å². The van der Waals surface area contributed by atoms with Gasteiger partial charge in [-0.3, -0.25) is 14.4 Å². The first-order valence-electron chi connectivity index (χ1n) is 17.1. The van der Waals surface area contributed by atoms with E-state index in [1.54, 1.807) is 24.8 Å². The number of nitrogen functional groups attached to an aromatic ring is 1. The highest BCUT2D eigenvalue weighted by Crippen LogP contribution is 2.45. The Kier molecular flexibility index (Phi) is 9.37. The molecule has 6 heterocycles. The lowest BCUT2D eigenvalue weighted by molar-refractivity contribution is -0.140. The molecule has 0 bridgehead atoms. The molecule has 0 radical (unpaired) electrons. The van der Waals surface area contributed by atoms with Gasteiger partial charge in [0.2, 0.25) is 0 Å². The van der Waals surface area contributed by atoms with Gasteiger partial charge in [-0.1, -0.05) is 5.92 Å². The Morgan fingerprint density at radius 2 is 2.00 bits per heavy atom. The number of nitrogens with zero attached hydrogens (tertiary/aromatic N) is 7. The molecule has 4 aliphatic heterocycles. The third kappa shape index (κ3) is 6.44. The van der Waals surface area contributed by atoms with Crippen LogP contribution in [0.15, 0.2) is 24.0 Å². The van der Waals surface area contributed by atoms with Gasteiger partial charge in [0.05, 0.1) is 53.8 Å². The second-order valence-corrected chi connectivity index (χ2v) is 13.9. The summed E-state index contributed by atoms with van der Waals surface area (Å²) in [7, 11) is 3.30. The monoisotopic (exact) mass is 726 g/mol. The van der Waals surface area contributed by atoms with Gasteiger partial charge < -0.3 is 25.0 Å². The highest BCUT2D eigenvalue weighted by atomic mass is 19.4. The molecule has 2 atom stereocenters. The number of fused-ring (bicyclic) bond motifs is 3. The number of carbonyl (C=O) groups is 1. The quantitative estimate of drug-likeness (QED) is 0.209. The van der Waals surface area contributed by atoms with Crippen molar-refractivity contribution in [3.8, 4) is 17.9 Å². The van der Waals surface area contributed by atoms with Crippen molar-refractivity contribution >= 4 is 17.4 Å². The average Bonchev–Trinajstić information content (AvgIpc) is 3.75. The zero-order chi connectivity index (χ0) is 36.9. The molecular weight excluding hydrogens is 687 g/mol. The van der Waals surface area contributed by atoms with E-state index in [1.807, 2.05) is 4.90 Å². The van der Waals surface area contributed by atoms with E-state index >= 15 is 4.39 Å². The Bertz CT molecular complexity index is 2000. The number of rotatable bonds is 6. The molecule has 7 rings (SSSR count). The summed E-state index contributed by atoms with van der Waals surface area (Å²) in [6.45, 7) is 4.01. The molecule has 52 heavy (non-hydrogen) atoms. The number of alkyl halides is 3. The molecule has 0 spiro atoms. The van der Waals surface area contributed by atoms with E-state index < -0.39 is 46.0 Å². The van der Waals surface area contributed by atoms with Gasteiger partial charge in [-0.25, -0.2) is 8.78 Å². The van der Waals surface area contributed by atoms with Crippen molar-refractivity contribution in [3.05, 3.63) is 69.2 Å². The third-order valence-corrected chi connectivity index (χ3v) is 10.3. The first-order chi connectivity index (χ1) is 24.8. The van der Waals surface area contributed by atoms with E-state index in [-0.39, 0.29) is 31.6 Å². The number of hydrogen-bond donors (Lipinski definition) is 1. The number of nitrogens with two attached hydrogens (primary N) is 1. The topological polar surface area (TPSA) is 115 Å². The normalized spacial score (nSPS) is 22.3. The number of aryl methyl sites for hydroxylation is 1. The fourth-order valence-electron chi connectivity index (χ4n) is 7.91. The number of benzene rings is 1. The van der Waals surface area contributed by atoms with E-state index in [1.165, 1.54) is 11.8 Å². The van der Waals surface area contributed by atoms with Crippen LogP contribution in [-0.2, 0) is 37.0 Å². The van der Waals surface area contributed by atoms with Crippen LogP contribution in [0.1, 0.15) is 82.8 Å². The summed E-state index contributed by atoms with van der Waals surface area (Å²) in [5.74, 6) is 3.87. The predicted molar refractivity (Wildman–Crippen MR) is 180 cm³/mol. The Balaban J connectivity index is 1.28. The highest BCUT2D eigenvalue weighted by Gasteiger charge is 2.47. The number of halogens is 5. The summed E-state index contributed by atoms with van der Waals surface area (Å²) in [5, 5.41) is 4.52. The third-order valence-electron chi connectivity index (χ3n) is 10.3. The molecular formula is C36H39F5N8O3. The van der Waals surface area contributed by atoms with E-state index in [2.05, 4.69) is 21.8 Å². The minimum Gasteiger partial charge on any atom is -0.461 e. The van der Waals surface area contributed by atoms with Gasteiger partial charge in [-0.15, -0.1) is 5.92 Å². The van der Waals surface area contributed by atoms with Crippen molar-refractivity contribution in [1.29, 1.82) is 0 Å². The van der Waals surface area contributed by atoms with Gasteiger partial charge in [-0.05, 0) is 56.9 Å². The highest BCUT2D eigenvalue weighted by molar-refractivity contribution is 5.92. The van der Waals surface area contributed by atoms with Crippen molar-refractivity contribution in [2.75, 3.05) is 51.0 Å². The molecule has 0 aliphatic carbocycles. The zero-order valence-electron chi connectivity index (χ0n) is 29.1. The molecule has 1 amide bonds. The molecule has 2 fully saturated rings. The maximum absolute atomic E-state index is 15.7. The van der Waals surface area contributed by atoms with Crippen LogP contribution >= 0.6 is 0 Å². The first-order valence-corrected chi connectivity index (χ1v) is 17.1. The van der Waals surface area contributed by atoms with Crippen LogP contribution < -0.4 is 15.4 Å².